The van der Waals surface area contributed by atoms with Crippen molar-refractivity contribution in [2.45, 2.75) is 45.3 Å². The molecular weight excluding hydrogens is 242 g/mol. The fourth-order valence-corrected chi connectivity index (χ4v) is 2.23. The second-order valence-corrected chi connectivity index (χ2v) is 5.22. The molecule has 1 aliphatic rings. The molecule has 0 N–H and O–H groups in total. The Morgan fingerprint density at radius 2 is 2.16 bits per heavy atom. The van der Waals surface area contributed by atoms with Gasteiger partial charge in [0.05, 0.1) is 12.2 Å². The Labute approximate surface area is 115 Å². The first kappa shape index (κ1) is 14.1. The third-order valence-corrected chi connectivity index (χ3v) is 3.11. The van der Waals surface area contributed by atoms with Crippen LogP contribution in [0.5, 0.6) is 5.88 Å². The lowest BCUT2D eigenvalue weighted by molar-refractivity contribution is 0.0214. The number of anilines is 1. The highest BCUT2D eigenvalue weighted by Crippen LogP contribution is 2.24. The number of likely N-dealkylation sites (N-methyl/N-ethyl adjacent to an activating group) is 1. The molecule has 0 aliphatic carbocycles. The number of ether oxygens (including phenoxy) is 2. The van der Waals surface area contributed by atoms with Gasteiger partial charge in [-0.05, 0) is 33.1 Å². The molecule has 19 heavy (non-hydrogen) atoms. The quantitative estimate of drug-likeness (QED) is 0.817. The Morgan fingerprint density at radius 3 is 2.84 bits per heavy atom. The molecule has 2 rings (SSSR count). The summed E-state index contributed by atoms with van der Waals surface area (Å²) >= 11 is 0. The van der Waals surface area contributed by atoms with Crippen molar-refractivity contribution in [1.29, 1.82) is 0 Å². The molecule has 1 fully saturated rings. The van der Waals surface area contributed by atoms with Crippen LogP contribution in [0.4, 0.5) is 5.82 Å². The van der Waals surface area contributed by atoms with Crippen LogP contribution in [0, 0.1) is 0 Å². The van der Waals surface area contributed by atoms with E-state index in [0.29, 0.717) is 5.88 Å². The van der Waals surface area contributed by atoms with Crippen molar-refractivity contribution in [1.82, 2.24) is 9.97 Å². The number of hydrogen-bond acceptors (Lipinski definition) is 5. The highest BCUT2D eigenvalue weighted by Gasteiger charge is 2.19. The van der Waals surface area contributed by atoms with Gasteiger partial charge in [0.25, 0.3) is 5.88 Å². The van der Waals surface area contributed by atoms with Gasteiger partial charge in [-0.25, -0.2) is 9.97 Å². The van der Waals surface area contributed by atoms with Gasteiger partial charge in [0, 0.05) is 32.6 Å². The van der Waals surface area contributed by atoms with E-state index in [-0.39, 0.29) is 12.2 Å². The summed E-state index contributed by atoms with van der Waals surface area (Å²) in [4.78, 5) is 10.7. The van der Waals surface area contributed by atoms with Crippen molar-refractivity contribution < 1.29 is 9.47 Å². The van der Waals surface area contributed by atoms with Gasteiger partial charge in [-0.1, -0.05) is 0 Å². The molecule has 2 heterocycles. The van der Waals surface area contributed by atoms with Gasteiger partial charge < -0.3 is 14.4 Å². The van der Waals surface area contributed by atoms with Crippen molar-refractivity contribution in [3.63, 3.8) is 0 Å². The zero-order valence-corrected chi connectivity index (χ0v) is 12.0. The van der Waals surface area contributed by atoms with Crippen molar-refractivity contribution in [3.8, 4) is 5.88 Å². The van der Waals surface area contributed by atoms with Crippen LogP contribution in [0.1, 0.15) is 33.1 Å². The summed E-state index contributed by atoms with van der Waals surface area (Å²) in [5.74, 6) is 1.38. The van der Waals surface area contributed by atoms with Gasteiger partial charge >= 0.3 is 0 Å². The molecule has 106 valence electrons. The molecule has 0 amide bonds. The third-order valence-electron chi connectivity index (χ3n) is 3.11. The zero-order valence-electron chi connectivity index (χ0n) is 12.0. The van der Waals surface area contributed by atoms with Crippen LogP contribution in [0.3, 0.4) is 0 Å². The van der Waals surface area contributed by atoms with Gasteiger partial charge in [0.2, 0.25) is 0 Å². The van der Waals surface area contributed by atoms with Gasteiger partial charge in [0.15, 0.2) is 5.82 Å². The monoisotopic (exact) mass is 265 g/mol. The van der Waals surface area contributed by atoms with E-state index in [1.54, 1.807) is 12.4 Å². The summed E-state index contributed by atoms with van der Waals surface area (Å²) in [6, 6.07) is 0. The highest BCUT2D eigenvalue weighted by atomic mass is 16.5. The average molecular weight is 265 g/mol. The van der Waals surface area contributed by atoms with E-state index < -0.39 is 0 Å². The lowest BCUT2D eigenvalue weighted by Gasteiger charge is -2.28. The number of hydrogen-bond donors (Lipinski definition) is 0. The summed E-state index contributed by atoms with van der Waals surface area (Å²) in [5, 5.41) is 0. The largest absolute Gasteiger partial charge is 0.472 e. The molecule has 1 aromatic heterocycles. The Morgan fingerprint density at radius 1 is 1.37 bits per heavy atom. The molecule has 1 aliphatic heterocycles. The van der Waals surface area contributed by atoms with E-state index in [9.17, 15) is 0 Å². The second kappa shape index (κ2) is 6.70. The molecule has 0 bridgehead atoms. The van der Waals surface area contributed by atoms with Crippen molar-refractivity contribution in [3.05, 3.63) is 12.4 Å². The van der Waals surface area contributed by atoms with Crippen molar-refractivity contribution >= 4 is 5.82 Å². The van der Waals surface area contributed by atoms with Crippen LogP contribution in [-0.4, -0.2) is 42.4 Å². The van der Waals surface area contributed by atoms with E-state index >= 15 is 0 Å². The molecule has 5 nitrogen and oxygen atoms in total. The van der Waals surface area contributed by atoms with Gasteiger partial charge in [-0.15, -0.1) is 0 Å². The van der Waals surface area contributed by atoms with Gasteiger partial charge in [-0.3, -0.25) is 0 Å². The van der Waals surface area contributed by atoms with Crippen molar-refractivity contribution in [2.24, 2.45) is 0 Å². The Kier molecular flexibility index (Phi) is 4.96. The van der Waals surface area contributed by atoms with Crippen LogP contribution < -0.4 is 9.64 Å². The lowest BCUT2D eigenvalue weighted by Crippen LogP contribution is -2.34. The third kappa shape index (κ3) is 4.06. The van der Waals surface area contributed by atoms with Crippen LogP contribution in [0.15, 0.2) is 12.4 Å². The maximum atomic E-state index is 5.76. The fraction of sp³-hybridized carbons (Fsp3) is 0.714. The number of rotatable bonds is 5. The first-order valence-corrected chi connectivity index (χ1v) is 6.97. The Balaban J connectivity index is 2.02. The van der Waals surface area contributed by atoms with Crippen LogP contribution in [0.2, 0.25) is 0 Å². The van der Waals surface area contributed by atoms with Crippen LogP contribution in [0.25, 0.3) is 0 Å². The van der Waals surface area contributed by atoms with Gasteiger partial charge in [0.1, 0.15) is 0 Å². The predicted molar refractivity (Wildman–Crippen MR) is 74.7 cm³/mol. The van der Waals surface area contributed by atoms with E-state index in [1.807, 2.05) is 20.9 Å². The Hall–Kier alpha value is -1.36. The average Bonchev–Trinajstić information content (AvgIpc) is 2.39. The molecule has 0 spiro atoms. The fourth-order valence-electron chi connectivity index (χ4n) is 2.23. The molecule has 0 aromatic carbocycles. The summed E-state index contributed by atoms with van der Waals surface area (Å²) in [5.41, 5.74) is 0. The molecule has 1 atom stereocenters. The summed E-state index contributed by atoms with van der Waals surface area (Å²) in [7, 11) is 2.01. The topological polar surface area (TPSA) is 47.5 Å². The SMILES string of the molecule is CC(C)Oc1nccnc1N(C)CC1CCCCO1. The molecule has 0 saturated carbocycles. The molecule has 0 radical (unpaired) electrons. The van der Waals surface area contributed by atoms with E-state index in [1.165, 1.54) is 12.8 Å². The molecule has 1 saturated heterocycles. The maximum absolute atomic E-state index is 5.76. The molecule has 5 heteroatoms. The van der Waals surface area contributed by atoms with E-state index in [2.05, 4.69) is 14.9 Å². The van der Waals surface area contributed by atoms with Gasteiger partial charge in [-0.2, -0.15) is 0 Å². The lowest BCUT2D eigenvalue weighted by atomic mass is 10.1. The van der Waals surface area contributed by atoms with E-state index in [4.69, 9.17) is 9.47 Å². The van der Waals surface area contributed by atoms with E-state index in [0.717, 1.165) is 25.4 Å². The minimum absolute atomic E-state index is 0.0924. The molecule has 1 aromatic rings. The highest BCUT2D eigenvalue weighted by molar-refractivity contribution is 5.47. The smallest absolute Gasteiger partial charge is 0.257 e. The standard InChI is InChI=1S/C14H23N3O2/c1-11(2)19-14-13(15-7-8-16-14)17(3)10-12-6-4-5-9-18-12/h7-8,11-12H,4-6,9-10H2,1-3H3. The van der Waals surface area contributed by atoms with Crippen molar-refractivity contribution in [2.75, 3.05) is 25.1 Å². The second-order valence-electron chi connectivity index (χ2n) is 5.22. The van der Waals surface area contributed by atoms with Crippen LogP contribution >= 0.6 is 0 Å². The molecular formula is C14H23N3O2. The first-order valence-electron chi connectivity index (χ1n) is 6.97. The first-order chi connectivity index (χ1) is 9.16. The van der Waals surface area contributed by atoms with Crippen LogP contribution in [-0.2, 0) is 4.74 Å². The number of aromatic nitrogens is 2. The number of nitrogens with zero attached hydrogens (tertiary/aromatic N) is 3. The normalized spacial score (nSPS) is 19.5. The summed E-state index contributed by atoms with van der Waals surface area (Å²) in [6.45, 7) is 5.67. The summed E-state index contributed by atoms with van der Waals surface area (Å²) in [6.07, 6.45) is 7.27. The predicted octanol–water partition coefficient (Wildman–Crippen LogP) is 2.27. The minimum atomic E-state index is 0.0924. The Bertz CT molecular complexity index is 392. The zero-order chi connectivity index (χ0) is 13.7. The molecule has 1 unspecified atom stereocenters. The summed E-state index contributed by atoms with van der Waals surface area (Å²) < 4.78 is 11.5. The maximum Gasteiger partial charge on any atom is 0.257 e. The minimum Gasteiger partial charge on any atom is -0.472 e.